The van der Waals surface area contributed by atoms with Gasteiger partial charge < -0.3 is 5.32 Å². The highest BCUT2D eigenvalue weighted by Gasteiger charge is 2.00. The van der Waals surface area contributed by atoms with Gasteiger partial charge in [-0.25, -0.2) is 0 Å². The summed E-state index contributed by atoms with van der Waals surface area (Å²) < 4.78 is 0. The van der Waals surface area contributed by atoms with Crippen LogP contribution in [0.15, 0.2) is 43.0 Å². The SMILES string of the molecule is C=C[C@H](CCC)NCc1ccccc1. The van der Waals surface area contributed by atoms with Crippen LogP contribution < -0.4 is 5.32 Å². The topological polar surface area (TPSA) is 12.0 Å². The molecule has 0 saturated carbocycles. The van der Waals surface area contributed by atoms with Crippen molar-refractivity contribution in [3.05, 3.63) is 48.6 Å². The van der Waals surface area contributed by atoms with Gasteiger partial charge in [-0.1, -0.05) is 49.8 Å². The highest BCUT2D eigenvalue weighted by atomic mass is 14.9. The quantitative estimate of drug-likeness (QED) is 0.678. The Bertz CT molecular complexity index is 253. The van der Waals surface area contributed by atoms with Gasteiger partial charge >= 0.3 is 0 Å². The Labute approximate surface area is 86.8 Å². The number of benzene rings is 1. The van der Waals surface area contributed by atoms with E-state index >= 15 is 0 Å². The van der Waals surface area contributed by atoms with Crippen molar-refractivity contribution in [3.63, 3.8) is 0 Å². The fourth-order valence-corrected chi connectivity index (χ4v) is 1.46. The van der Waals surface area contributed by atoms with Crippen molar-refractivity contribution >= 4 is 0 Å². The predicted molar refractivity (Wildman–Crippen MR) is 62.2 cm³/mol. The molecule has 1 aromatic carbocycles. The van der Waals surface area contributed by atoms with Gasteiger partial charge in [-0.3, -0.25) is 0 Å². The predicted octanol–water partition coefficient (Wildman–Crippen LogP) is 3.13. The zero-order chi connectivity index (χ0) is 10.2. The first-order chi connectivity index (χ1) is 6.86. The summed E-state index contributed by atoms with van der Waals surface area (Å²) in [4.78, 5) is 0. The number of hydrogen-bond acceptors (Lipinski definition) is 1. The zero-order valence-electron chi connectivity index (χ0n) is 8.87. The number of rotatable bonds is 6. The Hall–Kier alpha value is -1.08. The second-order valence-electron chi connectivity index (χ2n) is 3.50. The van der Waals surface area contributed by atoms with Crippen LogP contribution in [0.2, 0.25) is 0 Å². The van der Waals surface area contributed by atoms with Crippen molar-refractivity contribution in [3.8, 4) is 0 Å². The fraction of sp³-hybridized carbons (Fsp3) is 0.385. The largest absolute Gasteiger partial charge is 0.306 e. The van der Waals surface area contributed by atoms with Crippen molar-refractivity contribution in [1.82, 2.24) is 5.32 Å². The molecule has 14 heavy (non-hydrogen) atoms. The standard InChI is InChI=1S/C13H19N/c1-3-8-13(4-2)14-11-12-9-6-5-7-10-12/h4-7,9-10,13-14H,2-3,8,11H2,1H3/t13-/m1/s1. The molecule has 0 aliphatic carbocycles. The van der Waals surface area contributed by atoms with Crippen LogP contribution in [0.4, 0.5) is 0 Å². The number of nitrogens with one attached hydrogen (secondary N) is 1. The van der Waals surface area contributed by atoms with Gasteiger partial charge in [-0.15, -0.1) is 6.58 Å². The summed E-state index contributed by atoms with van der Waals surface area (Å²) in [5.41, 5.74) is 1.33. The van der Waals surface area contributed by atoms with Crippen molar-refractivity contribution in [1.29, 1.82) is 0 Å². The van der Waals surface area contributed by atoms with E-state index in [0.29, 0.717) is 6.04 Å². The molecule has 0 fully saturated rings. The molecule has 0 spiro atoms. The summed E-state index contributed by atoms with van der Waals surface area (Å²) in [7, 11) is 0. The molecule has 1 atom stereocenters. The van der Waals surface area contributed by atoms with Crippen LogP contribution in [-0.4, -0.2) is 6.04 Å². The van der Waals surface area contributed by atoms with Crippen molar-refractivity contribution < 1.29 is 0 Å². The van der Waals surface area contributed by atoms with Crippen molar-refractivity contribution in [2.45, 2.75) is 32.4 Å². The van der Waals surface area contributed by atoms with Crippen LogP contribution in [0.1, 0.15) is 25.3 Å². The smallest absolute Gasteiger partial charge is 0.0250 e. The average molecular weight is 189 g/mol. The molecule has 1 N–H and O–H groups in total. The Kier molecular flexibility index (Phi) is 5.02. The van der Waals surface area contributed by atoms with Crippen LogP contribution >= 0.6 is 0 Å². The molecule has 1 rings (SSSR count). The maximum Gasteiger partial charge on any atom is 0.0250 e. The minimum Gasteiger partial charge on any atom is -0.306 e. The molecule has 0 saturated heterocycles. The molecular weight excluding hydrogens is 170 g/mol. The first kappa shape index (κ1) is 11.0. The Morgan fingerprint density at radius 2 is 2.07 bits per heavy atom. The van der Waals surface area contributed by atoms with E-state index in [2.05, 4.69) is 43.1 Å². The van der Waals surface area contributed by atoms with E-state index in [1.165, 1.54) is 12.0 Å². The van der Waals surface area contributed by atoms with Crippen molar-refractivity contribution in [2.75, 3.05) is 0 Å². The minimum atomic E-state index is 0.445. The average Bonchev–Trinajstić information content (AvgIpc) is 2.25. The summed E-state index contributed by atoms with van der Waals surface area (Å²) in [6, 6.07) is 10.9. The Balaban J connectivity index is 2.35. The lowest BCUT2D eigenvalue weighted by atomic mass is 10.1. The van der Waals surface area contributed by atoms with E-state index in [4.69, 9.17) is 0 Å². The lowest BCUT2D eigenvalue weighted by Crippen LogP contribution is -2.26. The molecule has 0 aliphatic rings. The van der Waals surface area contributed by atoms with E-state index in [1.807, 2.05) is 12.1 Å². The van der Waals surface area contributed by atoms with Crippen LogP contribution in [-0.2, 0) is 6.54 Å². The molecule has 0 aromatic heterocycles. The third-order valence-corrected chi connectivity index (χ3v) is 2.30. The summed E-state index contributed by atoms with van der Waals surface area (Å²) in [5, 5.41) is 3.47. The lowest BCUT2D eigenvalue weighted by molar-refractivity contribution is 0.550. The van der Waals surface area contributed by atoms with E-state index in [9.17, 15) is 0 Å². The van der Waals surface area contributed by atoms with Gasteiger partial charge in [-0.2, -0.15) is 0 Å². The van der Waals surface area contributed by atoms with E-state index < -0.39 is 0 Å². The van der Waals surface area contributed by atoms with Crippen LogP contribution in [0.3, 0.4) is 0 Å². The van der Waals surface area contributed by atoms with Gasteiger partial charge in [0.25, 0.3) is 0 Å². The third kappa shape index (κ3) is 3.75. The first-order valence-corrected chi connectivity index (χ1v) is 5.26. The molecule has 0 radical (unpaired) electrons. The highest BCUT2D eigenvalue weighted by Crippen LogP contribution is 2.01. The van der Waals surface area contributed by atoms with Crippen LogP contribution in [0.25, 0.3) is 0 Å². The van der Waals surface area contributed by atoms with Crippen LogP contribution in [0, 0.1) is 0 Å². The Morgan fingerprint density at radius 1 is 1.36 bits per heavy atom. The van der Waals surface area contributed by atoms with E-state index in [0.717, 1.165) is 13.0 Å². The molecule has 1 aromatic rings. The molecule has 1 nitrogen and oxygen atoms in total. The van der Waals surface area contributed by atoms with E-state index in [1.54, 1.807) is 0 Å². The first-order valence-electron chi connectivity index (χ1n) is 5.26. The molecule has 76 valence electrons. The van der Waals surface area contributed by atoms with Gasteiger partial charge in [0.05, 0.1) is 0 Å². The summed E-state index contributed by atoms with van der Waals surface area (Å²) in [6.45, 7) is 6.95. The summed E-state index contributed by atoms with van der Waals surface area (Å²) >= 11 is 0. The maximum atomic E-state index is 3.83. The monoisotopic (exact) mass is 189 g/mol. The van der Waals surface area contributed by atoms with E-state index in [-0.39, 0.29) is 0 Å². The van der Waals surface area contributed by atoms with Gasteiger partial charge in [-0.05, 0) is 12.0 Å². The highest BCUT2D eigenvalue weighted by molar-refractivity contribution is 5.14. The van der Waals surface area contributed by atoms with Gasteiger partial charge in [0.1, 0.15) is 0 Å². The summed E-state index contributed by atoms with van der Waals surface area (Å²) in [6.07, 6.45) is 4.35. The van der Waals surface area contributed by atoms with Gasteiger partial charge in [0.15, 0.2) is 0 Å². The fourth-order valence-electron chi connectivity index (χ4n) is 1.46. The van der Waals surface area contributed by atoms with Crippen LogP contribution in [0.5, 0.6) is 0 Å². The molecule has 0 aliphatic heterocycles. The molecular formula is C13H19N. The molecule has 0 unspecified atom stereocenters. The normalized spacial score (nSPS) is 12.4. The van der Waals surface area contributed by atoms with Gasteiger partial charge in [0.2, 0.25) is 0 Å². The second-order valence-corrected chi connectivity index (χ2v) is 3.50. The number of hydrogen-bond donors (Lipinski definition) is 1. The third-order valence-electron chi connectivity index (χ3n) is 2.30. The zero-order valence-corrected chi connectivity index (χ0v) is 8.87. The van der Waals surface area contributed by atoms with Gasteiger partial charge in [0, 0.05) is 12.6 Å². The molecule has 0 bridgehead atoms. The molecule has 0 amide bonds. The van der Waals surface area contributed by atoms with Crippen molar-refractivity contribution in [2.24, 2.45) is 0 Å². The molecule has 0 heterocycles. The maximum absolute atomic E-state index is 3.83. The molecule has 1 heteroatoms. The summed E-state index contributed by atoms with van der Waals surface area (Å²) in [5.74, 6) is 0. The Morgan fingerprint density at radius 3 is 2.64 bits per heavy atom. The lowest BCUT2D eigenvalue weighted by Gasteiger charge is -2.13. The second kappa shape index (κ2) is 6.39. The minimum absolute atomic E-state index is 0.445.